The Morgan fingerprint density at radius 2 is 1.86 bits per heavy atom. The van der Waals surface area contributed by atoms with E-state index in [-0.39, 0.29) is 5.91 Å². The lowest BCUT2D eigenvalue weighted by Crippen LogP contribution is -2.62. The van der Waals surface area contributed by atoms with Gasteiger partial charge in [0.2, 0.25) is 0 Å². The van der Waals surface area contributed by atoms with Gasteiger partial charge in [0, 0.05) is 50.9 Å². The summed E-state index contributed by atoms with van der Waals surface area (Å²) in [5.74, 6) is 0.163. The van der Waals surface area contributed by atoms with Crippen LogP contribution in [0.5, 0.6) is 0 Å². The molecular weight excluding hydrogens is 266 g/mol. The van der Waals surface area contributed by atoms with Crippen LogP contribution in [0.25, 0.3) is 0 Å². The van der Waals surface area contributed by atoms with Crippen LogP contribution in [0.2, 0.25) is 0 Å². The smallest absolute Gasteiger partial charge is 0.253 e. The van der Waals surface area contributed by atoms with Crippen LogP contribution in [0.1, 0.15) is 21.5 Å². The molecule has 0 unspecified atom stereocenters. The molecule has 0 atom stereocenters. The number of carbonyl (C=O) groups is 1. The minimum atomic E-state index is 0.163. The lowest BCUT2D eigenvalue weighted by molar-refractivity contribution is 0.0502. The third kappa shape index (κ3) is 2.46. The monoisotopic (exact) mass is 287 g/mol. The molecule has 4 rings (SSSR count). The first-order valence-electron chi connectivity index (χ1n) is 7.75. The fraction of sp³-hybridized carbons (Fsp3) is 0.562. The van der Waals surface area contributed by atoms with Crippen LogP contribution in [0, 0.1) is 0 Å². The molecule has 1 aromatic carbocycles. The van der Waals surface area contributed by atoms with Crippen molar-refractivity contribution in [2.75, 3.05) is 39.3 Å². The highest BCUT2D eigenvalue weighted by atomic mass is 16.5. The number of fused-ring (bicyclic) bond motifs is 1. The number of hydrogen-bond acceptors (Lipinski definition) is 4. The second-order valence-electron chi connectivity index (χ2n) is 6.12. The summed E-state index contributed by atoms with van der Waals surface area (Å²) in [6, 6.07) is 6.66. The van der Waals surface area contributed by atoms with Crippen LogP contribution >= 0.6 is 0 Å². The van der Waals surface area contributed by atoms with Crippen molar-refractivity contribution in [2.45, 2.75) is 19.3 Å². The summed E-state index contributed by atoms with van der Waals surface area (Å²) >= 11 is 0. The maximum Gasteiger partial charge on any atom is 0.253 e. The van der Waals surface area contributed by atoms with E-state index in [1.807, 2.05) is 23.1 Å². The second kappa shape index (κ2) is 5.40. The van der Waals surface area contributed by atoms with E-state index in [0.717, 1.165) is 44.8 Å². The van der Waals surface area contributed by atoms with Crippen LogP contribution in [-0.2, 0) is 18.0 Å². The highest BCUT2D eigenvalue weighted by Crippen LogP contribution is 2.22. The summed E-state index contributed by atoms with van der Waals surface area (Å²) in [4.78, 5) is 17.1. The summed E-state index contributed by atoms with van der Waals surface area (Å²) < 4.78 is 5.42. The average molecular weight is 287 g/mol. The van der Waals surface area contributed by atoms with Crippen LogP contribution in [0.15, 0.2) is 18.2 Å². The van der Waals surface area contributed by atoms with Crippen molar-refractivity contribution in [1.29, 1.82) is 0 Å². The zero-order valence-electron chi connectivity index (χ0n) is 12.2. The first kappa shape index (κ1) is 13.2. The molecular formula is C16H21N3O2. The number of piperazine rings is 1. The van der Waals surface area contributed by atoms with E-state index in [1.165, 1.54) is 11.1 Å². The van der Waals surface area contributed by atoms with Gasteiger partial charge in [0.25, 0.3) is 5.91 Å². The van der Waals surface area contributed by atoms with E-state index in [0.29, 0.717) is 19.3 Å². The lowest BCUT2D eigenvalue weighted by atomic mass is 10.0. The number of ether oxygens (including phenoxy) is 1. The molecule has 0 aromatic heterocycles. The molecule has 1 aromatic rings. The number of carbonyl (C=O) groups excluding carboxylic acids is 1. The lowest BCUT2D eigenvalue weighted by Gasteiger charge is -2.43. The molecule has 0 aliphatic carbocycles. The van der Waals surface area contributed by atoms with Crippen molar-refractivity contribution in [2.24, 2.45) is 0 Å². The van der Waals surface area contributed by atoms with Crippen molar-refractivity contribution in [3.63, 3.8) is 0 Å². The molecule has 3 aliphatic heterocycles. The van der Waals surface area contributed by atoms with E-state index in [4.69, 9.17) is 4.74 Å². The Kier molecular flexibility index (Phi) is 3.41. The summed E-state index contributed by atoms with van der Waals surface area (Å²) in [5.41, 5.74) is 3.19. The van der Waals surface area contributed by atoms with Gasteiger partial charge in [-0.25, -0.2) is 0 Å². The fourth-order valence-corrected chi connectivity index (χ4v) is 3.31. The molecule has 0 bridgehead atoms. The maximum atomic E-state index is 12.6. The Bertz CT molecular complexity index is 548. The van der Waals surface area contributed by atoms with Crippen LogP contribution < -0.4 is 5.32 Å². The molecule has 1 N–H and O–H groups in total. The molecule has 3 heterocycles. The van der Waals surface area contributed by atoms with Gasteiger partial charge in [0.15, 0.2) is 0 Å². The number of amides is 1. The molecule has 5 heteroatoms. The molecule has 0 spiro atoms. The summed E-state index contributed by atoms with van der Waals surface area (Å²) in [5, 5.41) is 3.31. The van der Waals surface area contributed by atoms with Crippen LogP contribution in [0.4, 0.5) is 0 Å². The van der Waals surface area contributed by atoms with E-state index in [9.17, 15) is 4.79 Å². The minimum absolute atomic E-state index is 0.163. The molecule has 5 nitrogen and oxygen atoms in total. The highest BCUT2D eigenvalue weighted by Gasteiger charge is 2.29. The maximum absolute atomic E-state index is 12.6. The van der Waals surface area contributed by atoms with E-state index in [1.54, 1.807) is 0 Å². The molecule has 3 aliphatic rings. The van der Waals surface area contributed by atoms with Crippen LogP contribution in [-0.4, -0.2) is 61.0 Å². The van der Waals surface area contributed by atoms with E-state index < -0.39 is 0 Å². The molecule has 2 saturated heterocycles. The van der Waals surface area contributed by atoms with Gasteiger partial charge in [0.1, 0.15) is 0 Å². The highest BCUT2D eigenvalue weighted by molar-refractivity contribution is 5.94. The van der Waals surface area contributed by atoms with Gasteiger partial charge in [-0.3, -0.25) is 9.69 Å². The molecule has 0 radical (unpaired) electrons. The molecule has 2 fully saturated rings. The first-order valence-corrected chi connectivity index (χ1v) is 7.75. The average Bonchev–Trinajstić information content (AvgIpc) is 2.93. The van der Waals surface area contributed by atoms with Gasteiger partial charge in [-0.2, -0.15) is 0 Å². The Morgan fingerprint density at radius 3 is 2.57 bits per heavy atom. The van der Waals surface area contributed by atoms with Crippen molar-refractivity contribution in [1.82, 2.24) is 15.1 Å². The normalized spacial score (nSPS) is 23.0. The Morgan fingerprint density at radius 1 is 1.10 bits per heavy atom. The predicted molar refractivity (Wildman–Crippen MR) is 79.1 cm³/mol. The number of nitrogens with zero attached hydrogens (tertiary/aromatic N) is 2. The number of benzene rings is 1. The van der Waals surface area contributed by atoms with E-state index in [2.05, 4.69) is 10.2 Å². The minimum Gasteiger partial charge on any atom is -0.372 e. The van der Waals surface area contributed by atoms with Crippen molar-refractivity contribution < 1.29 is 9.53 Å². The zero-order chi connectivity index (χ0) is 14.2. The molecule has 112 valence electrons. The topological polar surface area (TPSA) is 44.8 Å². The second-order valence-corrected chi connectivity index (χ2v) is 6.12. The van der Waals surface area contributed by atoms with Crippen molar-refractivity contribution in [3.05, 3.63) is 34.9 Å². The van der Waals surface area contributed by atoms with Crippen molar-refractivity contribution >= 4 is 5.91 Å². The van der Waals surface area contributed by atoms with Crippen molar-refractivity contribution in [3.8, 4) is 0 Å². The van der Waals surface area contributed by atoms with Gasteiger partial charge in [-0.05, 0) is 23.3 Å². The number of hydrogen-bond donors (Lipinski definition) is 1. The van der Waals surface area contributed by atoms with Gasteiger partial charge in [-0.1, -0.05) is 6.07 Å². The molecule has 1 amide bonds. The van der Waals surface area contributed by atoms with Gasteiger partial charge in [-0.15, -0.1) is 0 Å². The quantitative estimate of drug-likeness (QED) is 0.858. The number of rotatable bonds is 2. The zero-order valence-corrected chi connectivity index (χ0v) is 12.2. The first-order chi connectivity index (χ1) is 10.3. The Labute approximate surface area is 124 Å². The standard InChI is InChI=1S/C16H21N3O2/c20-16(12-1-2-13-10-21-11-14(13)7-12)19-5-3-18(4-6-19)15-8-17-9-15/h1-2,7,15,17H,3-6,8-11H2. The van der Waals surface area contributed by atoms with E-state index >= 15 is 0 Å². The predicted octanol–water partition coefficient (Wildman–Crippen LogP) is 0.446. The fourth-order valence-electron chi connectivity index (χ4n) is 3.31. The Balaban J connectivity index is 1.41. The third-order valence-electron chi connectivity index (χ3n) is 4.85. The van der Waals surface area contributed by atoms with Gasteiger partial charge >= 0.3 is 0 Å². The Hall–Kier alpha value is -1.43. The largest absolute Gasteiger partial charge is 0.372 e. The van der Waals surface area contributed by atoms with Gasteiger partial charge in [0.05, 0.1) is 13.2 Å². The number of nitrogens with one attached hydrogen (secondary N) is 1. The summed E-state index contributed by atoms with van der Waals surface area (Å²) in [6.07, 6.45) is 0. The van der Waals surface area contributed by atoms with Crippen LogP contribution in [0.3, 0.4) is 0 Å². The SMILES string of the molecule is O=C(c1ccc2c(c1)COC2)N1CCN(C2CNC2)CC1. The summed E-state index contributed by atoms with van der Waals surface area (Å²) in [7, 11) is 0. The third-order valence-corrected chi connectivity index (χ3v) is 4.85. The molecule has 21 heavy (non-hydrogen) atoms. The van der Waals surface area contributed by atoms with Gasteiger partial charge < -0.3 is 15.0 Å². The molecule has 0 saturated carbocycles. The summed E-state index contributed by atoms with van der Waals surface area (Å²) in [6.45, 7) is 7.17.